The van der Waals surface area contributed by atoms with E-state index in [-0.39, 0.29) is 30.1 Å². The Morgan fingerprint density at radius 2 is 2.20 bits per heavy atom. The zero-order chi connectivity index (χ0) is 14.3. The lowest BCUT2D eigenvalue weighted by Gasteiger charge is -2.21. The average molecular weight is 297 g/mol. The molecule has 4 N–H and O–H groups in total. The third-order valence-electron chi connectivity index (χ3n) is 3.38. The maximum atomic E-state index is 11.4. The molecule has 1 fully saturated rings. The van der Waals surface area contributed by atoms with Gasteiger partial charge in [-0.15, -0.1) is 0 Å². The summed E-state index contributed by atoms with van der Waals surface area (Å²) in [6, 6.07) is 3.15. The molecule has 3 rings (SSSR count). The number of ether oxygens (including phenoxy) is 1. The van der Waals surface area contributed by atoms with Crippen molar-refractivity contribution < 1.29 is 17.9 Å². The predicted molar refractivity (Wildman–Crippen MR) is 75.7 cm³/mol. The van der Waals surface area contributed by atoms with Crippen LogP contribution in [-0.2, 0) is 14.6 Å². The zero-order valence-corrected chi connectivity index (χ0v) is 11.5. The summed E-state index contributed by atoms with van der Waals surface area (Å²) in [4.78, 5) is 11.3. The van der Waals surface area contributed by atoms with Gasteiger partial charge in [0.1, 0.15) is 5.75 Å². The fourth-order valence-corrected chi connectivity index (χ4v) is 4.07. The van der Waals surface area contributed by atoms with Gasteiger partial charge in [0.25, 0.3) is 5.91 Å². The SMILES string of the molecule is Nc1cc2c(cc1NC1CCS(=O)(=O)C1)NC(=O)CO2. The van der Waals surface area contributed by atoms with Crippen molar-refractivity contribution >= 4 is 32.8 Å². The number of rotatable bonds is 2. The molecule has 108 valence electrons. The molecule has 1 atom stereocenters. The molecule has 0 spiro atoms. The fourth-order valence-electron chi connectivity index (χ4n) is 2.40. The molecule has 1 saturated heterocycles. The van der Waals surface area contributed by atoms with Gasteiger partial charge in [0, 0.05) is 12.1 Å². The summed E-state index contributed by atoms with van der Waals surface area (Å²) >= 11 is 0. The Morgan fingerprint density at radius 1 is 1.40 bits per heavy atom. The number of hydrogen-bond acceptors (Lipinski definition) is 6. The first-order valence-corrected chi connectivity index (χ1v) is 8.08. The van der Waals surface area contributed by atoms with E-state index in [1.54, 1.807) is 12.1 Å². The minimum atomic E-state index is -2.95. The summed E-state index contributed by atoms with van der Waals surface area (Å²) in [6.45, 7) is -0.0277. The first-order valence-electron chi connectivity index (χ1n) is 6.26. The summed E-state index contributed by atoms with van der Waals surface area (Å²) in [5.74, 6) is 0.588. The number of amides is 1. The standard InChI is InChI=1S/C12H15N3O4S/c13-8-3-11-10(15-12(16)5-19-11)4-9(8)14-7-1-2-20(17,18)6-7/h3-4,7,14H,1-2,5-6,13H2,(H,15,16). The van der Waals surface area contributed by atoms with E-state index in [0.29, 0.717) is 29.2 Å². The van der Waals surface area contributed by atoms with Gasteiger partial charge in [0.2, 0.25) is 0 Å². The summed E-state index contributed by atoms with van der Waals surface area (Å²) < 4.78 is 28.1. The average Bonchev–Trinajstić information content (AvgIpc) is 2.70. The lowest BCUT2D eigenvalue weighted by atomic mass is 10.1. The number of benzene rings is 1. The third-order valence-corrected chi connectivity index (χ3v) is 5.14. The van der Waals surface area contributed by atoms with Crippen LogP contribution in [0.3, 0.4) is 0 Å². The van der Waals surface area contributed by atoms with E-state index >= 15 is 0 Å². The molecule has 8 heteroatoms. The molecule has 0 aliphatic carbocycles. The summed E-state index contributed by atoms with van der Waals surface area (Å²) in [5, 5.41) is 5.81. The van der Waals surface area contributed by atoms with Crippen LogP contribution in [0.4, 0.5) is 17.1 Å². The molecular weight excluding hydrogens is 282 g/mol. The number of hydrogen-bond donors (Lipinski definition) is 3. The first kappa shape index (κ1) is 13.0. The highest BCUT2D eigenvalue weighted by Gasteiger charge is 2.28. The molecule has 1 aromatic carbocycles. The van der Waals surface area contributed by atoms with E-state index in [9.17, 15) is 13.2 Å². The molecule has 2 heterocycles. The fraction of sp³-hybridized carbons (Fsp3) is 0.417. The second-order valence-electron chi connectivity index (χ2n) is 5.02. The van der Waals surface area contributed by atoms with Crippen molar-refractivity contribution in [3.63, 3.8) is 0 Å². The maximum absolute atomic E-state index is 11.4. The molecule has 0 bridgehead atoms. The second-order valence-corrected chi connectivity index (χ2v) is 7.25. The highest BCUT2D eigenvalue weighted by molar-refractivity contribution is 7.91. The Balaban J connectivity index is 1.83. The number of nitrogen functional groups attached to an aromatic ring is 1. The van der Waals surface area contributed by atoms with Gasteiger partial charge >= 0.3 is 0 Å². The van der Waals surface area contributed by atoms with E-state index < -0.39 is 9.84 Å². The molecule has 0 aromatic heterocycles. The van der Waals surface area contributed by atoms with Gasteiger partial charge in [-0.3, -0.25) is 4.79 Å². The van der Waals surface area contributed by atoms with Gasteiger partial charge in [0.05, 0.1) is 28.6 Å². The number of nitrogens with two attached hydrogens (primary N) is 1. The number of fused-ring (bicyclic) bond motifs is 1. The third kappa shape index (κ3) is 2.51. The molecular formula is C12H15N3O4S. The number of anilines is 3. The number of nitrogens with one attached hydrogen (secondary N) is 2. The smallest absolute Gasteiger partial charge is 0.262 e. The lowest BCUT2D eigenvalue weighted by Crippen LogP contribution is -2.26. The minimum absolute atomic E-state index is 0.0277. The number of carbonyl (C=O) groups excluding carboxylic acids is 1. The van der Waals surface area contributed by atoms with Gasteiger partial charge in [-0.2, -0.15) is 0 Å². The molecule has 2 aliphatic rings. The monoisotopic (exact) mass is 297 g/mol. The Bertz CT molecular complexity index is 672. The van der Waals surface area contributed by atoms with Gasteiger partial charge in [-0.25, -0.2) is 8.42 Å². The molecule has 7 nitrogen and oxygen atoms in total. The molecule has 20 heavy (non-hydrogen) atoms. The van der Waals surface area contributed by atoms with Crippen LogP contribution >= 0.6 is 0 Å². The van der Waals surface area contributed by atoms with Crippen molar-refractivity contribution in [2.75, 3.05) is 34.5 Å². The molecule has 1 aromatic rings. The molecule has 0 saturated carbocycles. The van der Waals surface area contributed by atoms with E-state index in [4.69, 9.17) is 10.5 Å². The van der Waals surface area contributed by atoms with Gasteiger partial charge in [-0.1, -0.05) is 0 Å². The van der Waals surface area contributed by atoms with Crippen LogP contribution in [0.25, 0.3) is 0 Å². The van der Waals surface area contributed by atoms with Crippen LogP contribution in [0.5, 0.6) is 5.75 Å². The maximum Gasteiger partial charge on any atom is 0.262 e. The predicted octanol–water partition coefficient (Wildman–Crippen LogP) is 0.199. The van der Waals surface area contributed by atoms with Gasteiger partial charge in [-0.05, 0) is 12.5 Å². The number of sulfone groups is 1. The molecule has 1 unspecified atom stereocenters. The largest absolute Gasteiger partial charge is 0.482 e. The molecule has 2 aliphatic heterocycles. The first-order chi connectivity index (χ1) is 9.43. The molecule has 1 amide bonds. The van der Waals surface area contributed by atoms with Crippen molar-refractivity contribution in [2.24, 2.45) is 0 Å². The van der Waals surface area contributed by atoms with Crippen molar-refractivity contribution in [3.8, 4) is 5.75 Å². The summed E-state index contributed by atoms with van der Waals surface area (Å²) in [6.07, 6.45) is 0.557. The van der Waals surface area contributed by atoms with Crippen LogP contribution < -0.4 is 21.1 Å². The van der Waals surface area contributed by atoms with Crippen LogP contribution in [-0.4, -0.2) is 38.5 Å². The topological polar surface area (TPSA) is 111 Å². The number of carbonyl (C=O) groups is 1. The lowest BCUT2D eigenvalue weighted by molar-refractivity contribution is -0.118. The van der Waals surface area contributed by atoms with Crippen molar-refractivity contribution in [3.05, 3.63) is 12.1 Å². The minimum Gasteiger partial charge on any atom is -0.482 e. The van der Waals surface area contributed by atoms with E-state index in [1.165, 1.54) is 0 Å². The normalized spacial score (nSPS) is 23.6. The van der Waals surface area contributed by atoms with Gasteiger partial charge < -0.3 is 21.1 Å². The Kier molecular flexibility index (Phi) is 2.97. The van der Waals surface area contributed by atoms with Gasteiger partial charge in [0.15, 0.2) is 16.4 Å². The quantitative estimate of drug-likeness (QED) is 0.673. The molecule has 0 radical (unpaired) electrons. The highest BCUT2D eigenvalue weighted by atomic mass is 32.2. The second kappa shape index (κ2) is 4.55. The Labute approximate surface area is 116 Å². The van der Waals surface area contributed by atoms with E-state index in [1.807, 2.05) is 0 Å². The highest BCUT2D eigenvalue weighted by Crippen LogP contribution is 2.35. The summed E-state index contributed by atoms with van der Waals surface area (Å²) in [5.41, 5.74) is 7.53. The Morgan fingerprint density at radius 3 is 2.90 bits per heavy atom. The van der Waals surface area contributed by atoms with Crippen LogP contribution in [0.15, 0.2) is 12.1 Å². The van der Waals surface area contributed by atoms with Crippen LogP contribution in [0, 0.1) is 0 Å². The summed E-state index contributed by atoms with van der Waals surface area (Å²) in [7, 11) is -2.95. The Hall–Kier alpha value is -1.96. The van der Waals surface area contributed by atoms with Crippen molar-refractivity contribution in [1.82, 2.24) is 0 Å². The van der Waals surface area contributed by atoms with Crippen LogP contribution in [0.2, 0.25) is 0 Å². The van der Waals surface area contributed by atoms with Crippen molar-refractivity contribution in [1.29, 1.82) is 0 Å². The van der Waals surface area contributed by atoms with E-state index in [2.05, 4.69) is 10.6 Å². The van der Waals surface area contributed by atoms with Crippen molar-refractivity contribution in [2.45, 2.75) is 12.5 Å². The van der Waals surface area contributed by atoms with Crippen LogP contribution in [0.1, 0.15) is 6.42 Å². The zero-order valence-electron chi connectivity index (χ0n) is 10.7. The van der Waals surface area contributed by atoms with E-state index in [0.717, 1.165) is 0 Å².